The number of nitrogens with one attached hydrogen (secondary N) is 2. The third-order valence-corrected chi connectivity index (χ3v) is 8.05. The van der Waals surface area contributed by atoms with Crippen LogP contribution in [0.1, 0.15) is 56.6 Å². The molecule has 3 aliphatic carbocycles. The van der Waals surface area contributed by atoms with E-state index in [1.54, 1.807) is 0 Å². The number of carboxylic acid groups (broad SMARTS) is 1. The maximum absolute atomic E-state index is 13.0. The molecular weight excluding hydrogens is 444 g/mol. The van der Waals surface area contributed by atoms with Crippen molar-refractivity contribution in [3.8, 4) is 11.1 Å². The molecule has 0 unspecified atom stereocenters. The van der Waals surface area contributed by atoms with Crippen molar-refractivity contribution in [3.05, 3.63) is 59.7 Å². The molecule has 2 saturated carbocycles. The number of carbonyl (C=O) groups is 3. The number of carboxylic acids is 1. The summed E-state index contributed by atoms with van der Waals surface area (Å²) in [5.41, 5.74) is 4.21. The summed E-state index contributed by atoms with van der Waals surface area (Å²) in [4.78, 5) is 36.8. The smallest absolute Gasteiger partial charge is 0.407 e. The van der Waals surface area contributed by atoms with E-state index >= 15 is 0 Å². The van der Waals surface area contributed by atoms with Crippen LogP contribution in [-0.2, 0) is 14.3 Å². The van der Waals surface area contributed by atoms with E-state index in [4.69, 9.17) is 9.84 Å². The molecule has 0 spiro atoms. The highest BCUT2D eigenvalue weighted by atomic mass is 16.5. The Morgan fingerprint density at radius 1 is 1.03 bits per heavy atom. The largest absolute Gasteiger partial charge is 0.481 e. The molecule has 35 heavy (non-hydrogen) atoms. The molecule has 0 heterocycles. The second-order valence-corrected chi connectivity index (χ2v) is 10.6. The molecule has 0 radical (unpaired) electrons. The Labute approximate surface area is 205 Å². The molecule has 0 aromatic heterocycles. The Bertz CT molecular complexity index is 1120. The van der Waals surface area contributed by atoms with Gasteiger partial charge in [0, 0.05) is 18.0 Å². The Balaban J connectivity index is 1.16. The van der Waals surface area contributed by atoms with Gasteiger partial charge in [-0.15, -0.1) is 0 Å². The summed E-state index contributed by atoms with van der Waals surface area (Å²) in [6.45, 7) is 4.07. The minimum absolute atomic E-state index is 0.00412. The highest BCUT2D eigenvalue weighted by molar-refractivity contribution is 5.87. The molecule has 4 atom stereocenters. The second-order valence-electron chi connectivity index (χ2n) is 10.6. The predicted molar refractivity (Wildman–Crippen MR) is 131 cm³/mol. The van der Waals surface area contributed by atoms with E-state index in [1.165, 1.54) is 22.3 Å². The number of amides is 2. The average Bonchev–Trinajstić information content (AvgIpc) is 3.25. The second kappa shape index (κ2) is 9.02. The average molecular weight is 477 g/mol. The van der Waals surface area contributed by atoms with E-state index < -0.39 is 23.5 Å². The molecule has 0 bridgehead atoms. The fraction of sp³-hybridized carbons (Fsp3) is 0.464. The number of alkyl carbamates (subject to hydrolysis) is 1. The molecule has 5 rings (SSSR count). The van der Waals surface area contributed by atoms with Crippen molar-refractivity contribution in [1.29, 1.82) is 0 Å². The molecule has 7 nitrogen and oxygen atoms in total. The summed E-state index contributed by atoms with van der Waals surface area (Å²) >= 11 is 0. The van der Waals surface area contributed by atoms with E-state index in [0.717, 1.165) is 12.8 Å². The van der Waals surface area contributed by atoms with Crippen LogP contribution >= 0.6 is 0 Å². The van der Waals surface area contributed by atoms with E-state index in [0.29, 0.717) is 6.42 Å². The van der Waals surface area contributed by atoms with Gasteiger partial charge < -0.3 is 20.5 Å². The van der Waals surface area contributed by atoms with E-state index in [2.05, 4.69) is 34.9 Å². The summed E-state index contributed by atoms with van der Waals surface area (Å²) in [5.74, 6) is -0.752. The highest BCUT2D eigenvalue weighted by Gasteiger charge is 2.65. The number of hydrogen-bond acceptors (Lipinski definition) is 4. The number of aliphatic carboxylic acids is 1. The zero-order valence-electron chi connectivity index (χ0n) is 20.1. The lowest BCUT2D eigenvalue weighted by Gasteiger charge is -2.24. The first kappa shape index (κ1) is 23.4. The van der Waals surface area contributed by atoms with Crippen LogP contribution in [0.15, 0.2) is 48.5 Å². The third kappa shape index (κ3) is 4.40. The van der Waals surface area contributed by atoms with Crippen molar-refractivity contribution in [1.82, 2.24) is 10.6 Å². The topological polar surface area (TPSA) is 105 Å². The van der Waals surface area contributed by atoms with E-state index in [9.17, 15) is 14.4 Å². The first-order valence-corrected chi connectivity index (χ1v) is 12.4. The quantitative estimate of drug-likeness (QED) is 0.527. The Morgan fingerprint density at radius 2 is 1.66 bits per heavy atom. The number of hydrogen-bond donors (Lipinski definition) is 3. The van der Waals surface area contributed by atoms with Gasteiger partial charge in [-0.25, -0.2) is 4.79 Å². The monoisotopic (exact) mass is 476 g/mol. The Hall–Kier alpha value is -3.35. The van der Waals surface area contributed by atoms with Crippen molar-refractivity contribution in [3.63, 3.8) is 0 Å². The van der Waals surface area contributed by atoms with Gasteiger partial charge in [-0.1, -0.05) is 62.4 Å². The number of ether oxygens (including phenoxy) is 1. The number of carbonyl (C=O) groups excluding carboxylic acids is 2. The van der Waals surface area contributed by atoms with Crippen LogP contribution in [0.5, 0.6) is 0 Å². The predicted octanol–water partition coefficient (Wildman–Crippen LogP) is 4.31. The Morgan fingerprint density at radius 3 is 2.26 bits per heavy atom. The van der Waals surface area contributed by atoms with E-state index in [1.807, 2.05) is 38.1 Å². The molecule has 184 valence electrons. The van der Waals surface area contributed by atoms with Crippen molar-refractivity contribution >= 4 is 18.0 Å². The molecule has 3 aliphatic rings. The van der Waals surface area contributed by atoms with Gasteiger partial charge in [0.05, 0.1) is 11.8 Å². The summed E-state index contributed by atoms with van der Waals surface area (Å²) in [6.07, 6.45) is 1.54. The van der Waals surface area contributed by atoms with Crippen molar-refractivity contribution in [2.75, 3.05) is 6.61 Å². The van der Waals surface area contributed by atoms with Gasteiger partial charge in [-0.3, -0.25) is 9.59 Å². The standard InChI is InChI=1S/C28H32N2O5/c1-16(2)24(12-25(31)32)30-26(33)28-13-17(28)11-18(14-28)29-27(34)35-15-23-21-9-5-3-7-19(21)20-8-4-6-10-22(20)23/h3-10,16-18,23-24H,11-15H2,1-2H3,(H,29,34)(H,30,33)(H,31,32)/t17-,18+,24-,28+/m1/s1. The van der Waals surface area contributed by atoms with Gasteiger partial charge in [-0.05, 0) is 53.4 Å². The Kier molecular flexibility index (Phi) is 6.03. The van der Waals surface area contributed by atoms with Crippen molar-refractivity contribution < 1.29 is 24.2 Å². The van der Waals surface area contributed by atoms with Gasteiger partial charge in [0.1, 0.15) is 6.61 Å². The van der Waals surface area contributed by atoms with Gasteiger partial charge in [0.25, 0.3) is 0 Å². The molecule has 2 amide bonds. The van der Waals surface area contributed by atoms with Crippen LogP contribution in [-0.4, -0.2) is 41.8 Å². The fourth-order valence-electron chi connectivity index (χ4n) is 6.05. The number of benzene rings is 2. The summed E-state index contributed by atoms with van der Waals surface area (Å²) in [6, 6.07) is 15.9. The van der Waals surface area contributed by atoms with Crippen molar-refractivity contribution in [2.45, 2.75) is 57.5 Å². The highest BCUT2D eigenvalue weighted by Crippen LogP contribution is 2.63. The van der Waals surface area contributed by atoms with Gasteiger partial charge in [0.15, 0.2) is 0 Å². The number of rotatable bonds is 8. The van der Waals surface area contributed by atoms with Crippen LogP contribution in [0.3, 0.4) is 0 Å². The lowest BCUT2D eigenvalue weighted by Crippen LogP contribution is -2.44. The zero-order valence-corrected chi connectivity index (χ0v) is 20.1. The molecule has 2 aromatic carbocycles. The van der Waals surface area contributed by atoms with E-state index in [-0.39, 0.29) is 42.7 Å². The maximum Gasteiger partial charge on any atom is 0.407 e. The summed E-state index contributed by atoms with van der Waals surface area (Å²) in [7, 11) is 0. The molecule has 7 heteroatoms. The summed E-state index contributed by atoms with van der Waals surface area (Å²) in [5, 5.41) is 15.1. The zero-order chi connectivity index (χ0) is 24.7. The lowest BCUT2D eigenvalue weighted by molar-refractivity contribution is -0.138. The molecule has 0 saturated heterocycles. The van der Waals surface area contributed by atoms with Gasteiger partial charge in [0.2, 0.25) is 5.91 Å². The normalized spacial score (nSPS) is 24.8. The first-order chi connectivity index (χ1) is 16.8. The minimum atomic E-state index is -0.921. The lowest BCUT2D eigenvalue weighted by atomic mass is 9.96. The van der Waals surface area contributed by atoms with Crippen LogP contribution in [0.2, 0.25) is 0 Å². The van der Waals surface area contributed by atoms with Crippen LogP contribution < -0.4 is 10.6 Å². The maximum atomic E-state index is 13.0. The number of fused-ring (bicyclic) bond motifs is 4. The van der Waals surface area contributed by atoms with Crippen LogP contribution in [0.4, 0.5) is 4.79 Å². The SMILES string of the molecule is CC(C)[C@@H](CC(=O)O)NC(=O)[C@@]12C[C@@H](NC(=O)OCC3c4ccccc4-c4ccccc43)C[C@@H]1C2. The van der Waals surface area contributed by atoms with Crippen LogP contribution in [0, 0.1) is 17.3 Å². The molecule has 3 N–H and O–H groups in total. The third-order valence-electron chi connectivity index (χ3n) is 8.05. The summed E-state index contributed by atoms with van der Waals surface area (Å²) < 4.78 is 5.67. The molecule has 0 aliphatic heterocycles. The fourth-order valence-corrected chi connectivity index (χ4v) is 6.05. The minimum Gasteiger partial charge on any atom is -0.481 e. The first-order valence-electron chi connectivity index (χ1n) is 12.4. The van der Waals surface area contributed by atoms with Crippen LogP contribution in [0.25, 0.3) is 11.1 Å². The van der Waals surface area contributed by atoms with Crippen molar-refractivity contribution in [2.24, 2.45) is 17.3 Å². The molecule has 2 aromatic rings. The molecular formula is C28H32N2O5. The van der Waals surface area contributed by atoms with Gasteiger partial charge >= 0.3 is 12.1 Å². The molecule has 2 fully saturated rings. The van der Waals surface area contributed by atoms with Gasteiger partial charge in [-0.2, -0.15) is 0 Å².